The van der Waals surface area contributed by atoms with Gasteiger partial charge in [0.2, 0.25) is 5.29 Å². The number of alkyl halides is 1. The maximum Gasteiger partial charge on any atom is 0.222 e. The normalized spacial score (nSPS) is 23.7. The van der Waals surface area contributed by atoms with Gasteiger partial charge in [-0.3, -0.25) is 5.73 Å². The van der Waals surface area contributed by atoms with E-state index in [2.05, 4.69) is 9.98 Å². The van der Waals surface area contributed by atoms with Gasteiger partial charge in [-0.2, -0.15) is 0 Å². The highest BCUT2D eigenvalue weighted by Crippen LogP contribution is 2.07. The largest absolute Gasteiger partial charge is 0.325 e. The first kappa shape index (κ1) is 9.77. The zero-order valence-electron chi connectivity index (χ0n) is 6.67. The molecular formula is C6H10Cl2N4. The summed E-state index contributed by atoms with van der Waals surface area (Å²) in [4.78, 5) is 9.62. The van der Waals surface area contributed by atoms with Crippen LogP contribution in [0.3, 0.4) is 0 Å². The molecule has 1 atom stereocenters. The second-order valence-corrected chi connectivity index (χ2v) is 3.07. The molecule has 68 valence electrons. The van der Waals surface area contributed by atoms with Crippen molar-refractivity contribution in [3.8, 4) is 0 Å². The molecule has 6 heteroatoms. The Morgan fingerprint density at radius 2 is 2.33 bits per heavy atom. The summed E-state index contributed by atoms with van der Waals surface area (Å²) < 4.78 is 0. The van der Waals surface area contributed by atoms with Gasteiger partial charge in [-0.05, 0) is 18.5 Å². The number of nitrogens with two attached hydrogens (primary N) is 1. The Hall–Kier alpha value is -0.320. The molecule has 1 unspecified atom stereocenters. The maximum absolute atomic E-state index is 5.66. The average molecular weight is 209 g/mol. The van der Waals surface area contributed by atoms with Crippen molar-refractivity contribution in [2.45, 2.75) is 13.2 Å². The van der Waals surface area contributed by atoms with Gasteiger partial charge in [-0.1, -0.05) is 0 Å². The number of aliphatic imine (C=N–C) groups is 2. The molecule has 0 aromatic heterocycles. The lowest BCUT2D eigenvalue weighted by atomic mass is 10.4. The molecular weight excluding hydrogens is 199 g/mol. The van der Waals surface area contributed by atoms with Gasteiger partial charge >= 0.3 is 0 Å². The molecule has 0 aromatic rings. The molecule has 12 heavy (non-hydrogen) atoms. The van der Waals surface area contributed by atoms with Gasteiger partial charge < -0.3 is 4.90 Å². The van der Waals surface area contributed by atoms with E-state index in [1.807, 2.05) is 6.92 Å². The molecule has 0 aliphatic carbocycles. The van der Waals surface area contributed by atoms with E-state index in [1.54, 1.807) is 4.90 Å². The maximum atomic E-state index is 5.66. The summed E-state index contributed by atoms with van der Waals surface area (Å²) in [7, 11) is 0. The molecule has 0 radical (unpaired) electrons. The van der Waals surface area contributed by atoms with E-state index >= 15 is 0 Å². The summed E-state index contributed by atoms with van der Waals surface area (Å²) in [6.45, 7) is 2.45. The third-order valence-electron chi connectivity index (χ3n) is 1.55. The highest BCUT2D eigenvalue weighted by atomic mass is 35.5. The minimum Gasteiger partial charge on any atom is -0.325 e. The molecule has 0 fully saturated rings. The van der Waals surface area contributed by atoms with Crippen LogP contribution in [0.15, 0.2) is 9.98 Å². The highest BCUT2D eigenvalue weighted by Gasteiger charge is 2.18. The van der Waals surface area contributed by atoms with Crippen molar-refractivity contribution in [1.82, 2.24) is 4.90 Å². The fourth-order valence-corrected chi connectivity index (χ4v) is 1.39. The third-order valence-corrected chi connectivity index (χ3v) is 1.90. The van der Waals surface area contributed by atoms with Crippen LogP contribution in [0.5, 0.6) is 0 Å². The molecule has 0 spiro atoms. The van der Waals surface area contributed by atoms with Crippen LogP contribution < -0.4 is 5.73 Å². The molecule has 0 saturated carbocycles. The Bertz CT molecular complexity index is 226. The van der Waals surface area contributed by atoms with Crippen molar-refractivity contribution >= 4 is 34.3 Å². The number of amidine groups is 2. The van der Waals surface area contributed by atoms with Crippen LogP contribution in [0.2, 0.25) is 0 Å². The van der Waals surface area contributed by atoms with Gasteiger partial charge in [-0.15, -0.1) is 11.6 Å². The minimum atomic E-state index is -0.450. The van der Waals surface area contributed by atoms with E-state index in [-0.39, 0.29) is 5.29 Å². The van der Waals surface area contributed by atoms with Crippen LogP contribution in [0.25, 0.3) is 0 Å². The van der Waals surface area contributed by atoms with E-state index < -0.39 is 6.29 Å². The van der Waals surface area contributed by atoms with E-state index in [0.717, 1.165) is 5.84 Å². The molecule has 1 heterocycles. The standard InChI is InChI=1S/C6H10Cl2N4/c1-4-10-5(8)11-6(9)12(4)3-2-7/h6H,2-3,9H2,1H3. The van der Waals surface area contributed by atoms with Crippen molar-refractivity contribution in [2.24, 2.45) is 15.7 Å². The molecule has 2 N–H and O–H groups in total. The van der Waals surface area contributed by atoms with Crippen molar-refractivity contribution in [3.63, 3.8) is 0 Å². The van der Waals surface area contributed by atoms with E-state index in [0.29, 0.717) is 12.4 Å². The van der Waals surface area contributed by atoms with E-state index in [9.17, 15) is 0 Å². The summed E-state index contributed by atoms with van der Waals surface area (Å²) in [5, 5.41) is 0.200. The lowest BCUT2D eigenvalue weighted by molar-refractivity contribution is 0.337. The SMILES string of the molecule is CC1=NC(Cl)=NC(N)N1CCCl. The highest BCUT2D eigenvalue weighted by molar-refractivity contribution is 6.65. The van der Waals surface area contributed by atoms with Gasteiger partial charge in [0.15, 0.2) is 6.29 Å². The quantitative estimate of drug-likeness (QED) is 0.540. The van der Waals surface area contributed by atoms with Crippen LogP contribution in [0.4, 0.5) is 0 Å². The van der Waals surface area contributed by atoms with Crippen molar-refractivity contribution in [2.75, 3.05) is 12.4 Å². The Balaban J connectivity index is 2.72. The zero-order valence-corrected chi connectivity index (χ0v) is 8.18. The molecule has 0 bridgehead atoms. The second-order valence-electron chi connectivity index (χ2n) is 2.35. The Kier molecular flexibility index (Phi) is 3.31. The smallest absolute Gasteiger partial charge is 0.222 e. The van der Waals surface area contributed by atoms with Crippen LogP contribution in [-0.2, 0) is 0 Å². The Morgan fingerprint density at radius 3 is 2.83 bits per heavy atom. The predicted octanol–water partition coefficient (Wildman–Crippen LogP) is 0.796. The van der Waals surface area contributed by atoms with Gasteiger partial charge in [-0.25, -0.2) is 9.98 Å². The predicted molar refractivity (Wildman–Crippen MR) is 51.8 cm³/mol. The van der Waals surface area contributed by atoms with Gasteiger partial charge in [0.05, 0.1) is 0 Å². The monoisotopic (exact) mass is 208 g/mol. The van der Waals surface area contributed by atoms with Crippen LogP contribution in [0.1, 0.15) is 6.92 Å². The van der Waals surface area contributed by atoms with Gasteiger partial charge in [0.25, 0.3) is 0 Å². The number of halogens is 2. The van der Waals surface area contributed by atoms with Crippen molar-refractivity contribution < 1.29 is 0 Å². The van der Waals surface area contributed by atoms with Gasteiger partial charge in [0.1, 0.15) is 5.84 Å². The third kappa shape index (κ3) is 2.09. The summed E-state index contributed by atoms with van der Waals surface area (Å²) in [6, 6.07) is 0. The summed E-state index contributed by atoms with van der Waals surface area (Å²) in [5.74, 6) is 1.25. The van der Waals surface area contributed by atoms with Crippen LogP contribution in [-0.4, -0.2) is 34.7 Å². The number of hydrogen-bond acceptors (Lipinski definition) is 4. The Labute approximate surface area is 81.1 Å². The minimum absolute atomic E-state index is 0.200. The summed E-state index contributed by atoms with van der Waals surface area (Å²) >= 11 is 11.2. The summed E-state index contributed by atoms with van der Waals surface area (Å²) in [6.07, 6.45) is -0.450. The molecule has 1 aliphatic heterocycles. The molecule has 0 aromatic carbocycles. The second kappa shape index (κ2) is 4.07. The average Bonchev–Trinajstić information content (AvgIpc) is 1.96. The number of hydrogen-bond donors (Lipinski definition) is 1. The number of nitrogens with zero attached hydrogens (tertiary/aromatic N) is 3. The molecule has 4 nitrogen and oxygen atoms in total. The van der Waals surface area contributed by atoms with Gasteiger partial charge in [0, 0.05) is 12.4 Å². The molecule has 0 amide bonds. The van der Waals surface area contributed by atoms with Crippen LogP contribution >= 0.6 is 23.2 Å². The fourth-order valence-electron chi connectivity index (χ4n) is 0.982. The molecule has 0 saturated heterocycles. The topological polar surface area (TPSA) is 54.0 Å². The molecule has 1 rings (SSSR count). The lowest BCUT2D eigenvalue weighted by Crippen LogP contribution is -2.47. The fraction of sp³-hybridized carbons (Fsp3) is 0.667. The molecule has 1 aliphatic rings. The van der Waals surface area contributed by atoms with Crippen molar-refractivity contribution in [1.29, 1.82) is 0 Å². The zero-order chi connectivity index (χ0) is 9.14. The Morgan fingerprint density at radius 1 is 1.67 bits per heavy atom. The van der Waals surface area contributed by atoms with E-state index in [1.165, 1.54) is 0 Å². The van der Waals surface area contributed by atoms with Crippen molar-refractivity contribution in [3.05, 3.63) is 0 Å². The van der Waals surface area contributed by atoms with E-state index in [4.69, 9.17) is 28.9 Å². The van der Waals surface area contributed by atoms with Crippen LogP contribution in [0, 0.1) is 0 Å². The lowest BCUT2D eigenvalue weighted by Gasteiger charge is -2.29. The first-order valence-corrected chi connectivity index (χ1v) is 4.43. The first-order chi connectivity index (χ1) is 5.65. The first-order valence-electron chi connectivity index (χ1n) is 3.52. The number of rotatable bonds is 2. The summed E-state index contributed by atoms with van der Waals surface area (Å²) in [5.41, 5.74) is 5.66.